The van der Waals surface area contributed by atoms with Crippen LogP contribution in [0.25, 0.3) is 0 Å². The Morgan fingerprint density at radius 3 is 2.34 bits per heavy atom. The maximum atomic E-state index is 12.9. The van der Waals surface area contributed by atoms with Gasteiger partial charge in [-0.1, -0.05) is 54.1 Å². The largest absolute Gasteiger partial charge is 0.322 e. The first-order valence-corrected chi connectivity index (χ1v) is 11.6. The van der Waals surface area contributed by atoms with Gasteiger partial charge in [0.2, 0.25) is 10.0 Å². The molecule has 8 heteroatoms. The number of rotatable bonds is 6. The zero-order chi connectivity index (χ0) is 21.0. The van der Waals surface area contributed by atoms with Crippen molar-refractivity contribution in [3.05, 3.63) is 93.4 Å². The average Bonchev–Trinajstić information content (AvgIpc) is 2.69. The van der Waals surface area contributed by atoms with Crippen LogP contribution in [0.4, 0.5) is 11.4 Å². The lowest BCUT2D eigenvalue weighted by Crippen LogP contribution is -2.31. The van der Waals surface area contributed by atoms with Crippen LogP contribution in [0.2, 0.25) is 5.02 Å². The van der Waals surface area contributed by atoms with Crippen molar-refractivity contribution in [2.75, 3.05) is 15.9 Å². The average molecular weight is 494 g/mol. The highest BCUT2D eigenvalue weighted by Crippen LogP contribution is 2.28. The van der Waals surface area contributed by atoms with E-state index < -0.39 is 15.9 Å². The number of carbonyl (C=O) groups excluding carboxylic acids is 1. The van der Waals surface area contributed by atoms with Crippen LogP contribution in [-0.4, -0.2) is 20.6 Å². The third-order valence-corrected chi connectivity index (χ3v) is 6.52. The van der Waals surface area contributed by atoms with E-state index in [9.17, 15) is 13.2 Å². The molecule has 0 aromatic heterocycles. The van der Waals surface area contributed by atoms with Crippen LogP contribution in [-0.2, 0) is 16.6 Å². The molecule has 0 radical (unpaired) electrons. The highest BCUT2D eigenvalue weighted by atomic mass is 79.9. The second kappa shape index (κ2) is 8.98. The number of halogens is 2. The molecule has 0 heterocycles. The summed E-state index contributed by atoms with van der Waals surface area (Å²) in [7, 11) is -3.63. The molecule has 0 saturated heterocycles. The summed E-state index contributed by atoms with van der Waals surface area (Å²) in [6.07, 6.45) is 1.12. The van der Waals surface area contributed by atoms with E-state index in [0.717, 1.165) is 11.8 Å². The molecule has 0 spiro atoms. The fourth-order valence-corrected chi connectivity index (χ4v) is 4.11. The van der Waals surface area contributed by atoms with Crippen LogP contribution in [0.15, 0.2) is 77.3 Å². The minimum atomic E-state index is -3.63. The Morgan fingerprint density at radius 1 is 1.03 bits per heavy atom. The van der Waals surface area contributed by atoms with Gasteiger partial charge in [0.05, 0.1) is 29.1 Å². The standard InChI is InChI=1S/C21H18BrClN2O3S/c1-29(27,28)25(14-15-7-3-2-4-8-15)20-10-6-5-9-17(20)21(26)24-16-11-12-18(22)19(23)13-16/h2-13H,14H2,1H3,(H,24,26). The Kier molecular flexibility index (Phi) is 6.62. The normalized spacial score (nSPS) is 11.1. The maximum absolute atomic E-state index is 12.9. The fraction of sp³-hybridized carbons (Fsp3) is 0.0952. The van der Waals surface area contributed by atoms with E-state index in [2.05, 4.69) is 21.2 Å². The minimum Gasteiger partial charge on any atom is -0.322 e. The molecular formula is C21H18BrClN2O3S. The van der Waals surface area contributed by atoms with Crippen molar-refractivity contribution in [2.24, 2.45) is 0 Å². The Morgan fingerprint density at radius 2 is 1.69 bits per heavy atom. The summed E-state index contributed by atoms with van der Waals surface area (Å²) in [4.78, 5) is 12.9. The first-order valence-electron chi connectivity index (χ1n) is 8.63. The first-order chi connectivity index (χ1) is 13.8. The summed E-state index contributed by atoms with van der Waals surface area (Å²) < 4.78 is 27.0. The minimum absolute atomic E-state index is 0.119. The number of sulfonamides is 1. The molecule has 0 aliphatic carbocycles. The molecule has 5 nitrogen and oxygen atoms in total. The van der Waals surface area contributed by atoms with Gasteiger partial charge in [0.25, 0.3) is 5.91 Å². The molecule has 0 aliphatic rings. The SMILES string of the molecule is CS(=O)(=O)N(Cc1ccccc1)c1ccccc1C(=O)Nc1ccc(Br)c(Cl)c1. The molecule has 1 amide bonds. The summed E-state index contributed by atoms with van der Waals surface area (Å²) >= 11 is 9.40. The molecule has 0 atom stereocenters. The van der Waals surface area contributed by atoms with Crippen LogP contribution in [0.1, 0.15) is 15.9 Å². The maximum Gasteiger partial charge on any atom is 0.257 e. The molecule has 29 heavy (non-hydrogen) atoms. The fourth-order valence-electron chi connectivity index (χ4n) is 2.79. The highest BCUT2D eigenvalue weighted by Gasteiger charge is 2.23. The van der Waals surface area contributed by atoms with Crippen molar-refractivity contribution in [1.82, 2.24) is 0 Å². The number of nitrogens with zero attached hydrogens (tertiary/aromatic N) is 1. The summed E-state index contributed by atoms with van der Waals surface area (Å²) in [5.74, 6) is -0.430. The third kappa shape index (κ3) is 5.38. The summed E-state index contributed by atoms with van der Waals surface area (Å²) in [5.41, 5.74) is 1.87. The number of hydrogen-bond donors (Lipinski definition) is 1. The second-order valence-electron chi connectivity index (χ2n) is 6.36. The van der Waals surface area contributed by atoms with E-state index in [1.165, 1.54) is 4.31 Å². The first kappa shape index (κ1) is 21.4. The van der Waals surface area contributed by atoms with Crippen molar-refractivity contribution in [3.63, 3.8) is 0 Å². The van der Waals surface area contributed by atoms with E-state index in [1.807, 2.05) is 30.3 Å². The van der Waals surface area contributed by atoms with E-state index in [0.29, 0.717) is 20.9 Å². The van der Waals surface area contributed by atoms with Gasteiger partial charge in [-0.2, -0.15) is 0 Å². The number of amides is 1. The van der Waals surface area contributed by atoms with Crippen LogP contribution in [0, 0.1) is 0 Å². The summed E-state index contributed by atoms with van der Waals surface area (Å²) in [6.45, 7) is 0.119. The predicted molar refractivity (Wildman–Crippen MR) is 121 cm³/mol. The van der Waals surface area contributed by atoms with E-state index in [4.69, 9.17) is 11.6 Å². The summed E-state index contributed by atoms with van der Waals surface area (Å²) in [5, 5.41) is 3.23. The lowest BCUT2D eigenvalue weighted by atomic mass is 10.1. The molecule has 0 fully saturated rings. The quantitative estimate of drug-likeness (QED) is 0.505. The predicted octanol–water partition coefficient (Wildman–Crippen LogP) is 5.32. The highest BCUT2D eigenvalue weighted by molar-refractivity contribution is 9.10. The molecule has 0 unspecified atom stereocenters. The number of anilines is 2. The Hall–Kier alpha value is -2.35. The van der Waals surface area contributed by atoms with Gasteiger partial charge < -0.3 is 5.32 Å². The second-order valence-corrected chi connectivity index (χ2v) is 9.52. The van der Waals surface area contributed by atoms with E-state index >= 15 is 0 Å². The van der Waals surface area contributed by atoms with Crippen molar-refractivity contribution in [3.8, 4) is 0 Å². The number of carbonyl (C=O) groups is 1. The molecule has 3 aromatic rings. The van der Waals surface area contributed by atoms with Crippen molar-refractivity contribution in [2.45, 2.75) is 6.54 Å². The zero-order valence-electron chi connectivity index (χ0n) is 15.5. The molecule has 3 rings (SSSR count). The van der Waals surface area contributed by atoms with Crippen LogP contribution in [0.5, 0.6) is 0 Å². The lowest BCUT2D eigenvalue weighted by molar-refractivity contribution is 0.102. The molecule has 0 aliphatic heterocycles. The number of benzene rings is 3. The Bertz CT molecular complexity index is 1140. The van der Waals surface area contributed by atoms with Gasteiger partial charge in [-0.15, -0.1) is 0 Å². The molecule has 0 saturated carbocycles. The smallest absolute Gasteiger partial charge is 0.257 e. The van der Waals surface area contributed by atoms with Crippen molar-refractivity contribution in [1.29, 1.82) is 0 Å². The topological polar surface area (TPSA) is 66.5 Å². The Balaban J connectivity index is 1.96. The van der Waals surface area contributed by atoms with Gasteiger partial charge >= 0.3 is 0 Å². The number of para-hydroxylation sites is 1. The van der Waals surface area contributed by atoms with Crippen LogP contribution >= 0.6 is 27.5 Å². The number of hydrogen-bond acceptors (Lipinski definition) is 3. The van der Waals surface area contributed by atoms with Crippen molar-refractivity contribution < 1.29 is 13.2 Å². The molecule has 150 valence electrons. The van der Waals surface area contributed by atoms with Gasteiger partial charge in [-0.3, -0.25) is 9.10 Å². The molecule has 1 N–H and O–H groups in total. The van der Waals surface area contributed by atoms with Gasteiger partial charge in [0.15, 0.2) is 0 Å². The van der Waals surface area contributed by atoms with Gasteiger partial charge in [0.1, 0.15) is 0 Å². The Labute approximate surface area is 183 Å². The van der Waals surface area contributed by atoms with Gasteiger partial charge in [0, 0.05) is 10.2 Å². The van der Waals surface area contributed by atoms with Gasteiger partial charge in [-0.05, 0) is 51.8 Å². The zero-order valence-corrected chi connectivity index (χ0v) is 18.6. The van der Waals surface area contributed by atoms with Crippen LogP contribution in [0.3, 0.4) is 0 Å². The third-order valence-electron chi connectivity index (χ3n) is 4.16. The van der Waals surface area contributed by atoms with Crippen LogP contribution < -0.4 is 9.62 Å². The number of nitrogens with one attached hydrogen (secondary N) is 1. The molecular weight excluding hydrogens is 476 g/mol. The molecule has 0 bridgehead atoms. The van der Waals surface area contributed by atoms with E-state index in [-0.39, 0.29) is 12.1 Å². The monoisotopic (exact) mass is 492 g/mol. The van der Waals surface area contributed by atoms with Gasteiger partial charge in [-0.25, -0.2) is 8.42 Å². The lowest BCUT2D eigenvalue weighted by Gasteiger charge is -2.24. The summed E-state index contributed by atoms with van der Waals surface area (Å²) in [6, 6.07) is 20.9. The van der Waals surface area contributed by atoms with Crippen molar-refractivity contribution >= 4 is 54.8 Å². The van der Waals surface area contributed by atoms with E-state index in [1.54, 1.807) is 42.5 Å². The molecule has 3 aromatic carbocycles.